The molecule has 2 heterocycles. The lowest BCUT2D eigenvalue weighted by Gasteiger charge is -2.29. The standard InChI is InChI=1S/C18H20Cl2N2/c1-10-6-11(13-3-2-12(19)8-16(13)20)7-14-15-9-21-5-4-17(15)22-18(10)14/h2-3,6,8,11,15,17,21-22H,4-5,7,9H2,1H3. The first kappa shape index (κ1) is 14.6. The van der Waals surface area contributed by atoms with Crippen molar-refractivity contribution in [2.24, 2.45) is 5.92 Å². The summed E-state index contributed by atoms with van der Waals surface area (Å²) in [6.07, 6.45) is 4.62. The van der Waals surface area contributed by atoms with E-state index in [-0.39, 0.29) is 0 Å². The van der Waals surface area contributed by atoms with E-state index in [1.807, 2.05) is 12.1 Å². The first-order valence-corrected chi connectivity index (χ1v) is 8.73. The maximum Gasteiger partial charge on any atom is 0.0458 e. The zero-order valence-electron chi connectivity index (χ0n) is 12.6. The van der Waals surface area contributed by atoms with Gasteiger partial charge in [-0.1, -0.05) is 35.3 Å². The molecule has 2 N–H and O–H groups in total. The van der Waals surface area contributed by atoms with E-state index >= 15 is 0 Å². The molecule has 2 nitrogen and oxygen atoms in total. The van der Waals surface area contributed by atoms with Gasteiger partial charge in [-0.15, -0.1) is 0 Å². The van der Waals surface area contributed by atoms with Crippen molar-refractivity contribution in [3.05, 3.63) is 56.7 Å². The molecule has 0 aromatic heterocycles. The van der Waals surface area contributed by atoms with Crippen LogP contribution in [0, 0.1) is 5.92 Å². The highest BCUT2D eigenvalue weighted by atomic mass is 35.5. The van der Waals surface area contributed by atoms with Crippen LogP contribution in [0.25, 0.3) is 0 Å². The fourth-order valence-corrected chi connectivity index (χ4v) is 4.71. The molecule has 1 fully saturated rings. The molecule has 3 unspecified atom stereocenters. The number of nitrogens with one attached hydrogen (secondary N) is 2. The van der Waals surface area contributed by atoms with Crippen LogP contribution in [0.4, 0.5) is 0 Å². The summed E-state index contributed by atoms with van der Waals surface area (Å²) in [4.78, 5) is 0. The number of benzene rings is 1. The molecular formula is C18H20Cl2N2. The summed E-state index contributed by atoms with van der Waals surface area (Å²) in [5, 5.41) is 8.77. The second kappa shape index (κ2) is 5.59. The highest BCUT2D eigenvalue weighted by molar-refractivity contribution is 6.35. The van der Waals surface area contributed by atoms with Crippen LogP contribution in [0.1, 0.15) is 31.2 Å². The Morgan fingerprint density at radius 2 is 2.09 bits per heavy atom. The normalized spacial score (nSPS) is 30.5. The Bertz CT molecular complexity index is 678. The molecule has 22 heavy (non-hydrogen) atoms. The van der Waals surface area contributed by atoms with E-state index in [0.29, 0.717) is 22.9 Å². The van der Waals surface area contributed by atoms with Crippen molar-refractivity contribution >= 4 is 23.2 Å². The lowest BCUT2D eigenvalue weighted by molar-refractivity contribution is 0.353. The van der Waals surface area contributed by atoms with Crippen LogP contribution >= 0.6 is 23.2 Å². The van der Waals surface area contributed by atoms with Gasteiger partial charge in [0.15, 0.2) is 0 Å². The number of halogens is 2. The van der Waals surface area contributed by atoms with Crippen LogP contribution in [0.5, 0.6) is 0 Å². The average molecular weight is 335 g/mol. The molecule has 4 heteroatoms. The quantitative estimate of drug-likeness (QED) is 0.801. The average Bonchev–Trinajstić information content (AvgIpc) is 2.87. The monoisotopic (exact) mass is 334 g/mol. The summed E-state index contributed by atoms with van der Waals surface area (Å²) >= 11 is 12.5. The molecule has 116 valence electrons. The predicted molar refractivity (Wildman–Crippen MR) is 92.5 cm³/mol. The van der Waals surface area contributed by atoms with Crippen LogP contribution in [-0.4, -0.2) is 19.1 Å². The van der Waals surface area contributed by atoms with Gasteiger partial charge in [-0.25, -0.2) is 0 Å². The van der Waals surface area contributed by atoms with Crippen molar-refractivity contribution in [2.75, 3.05) is 13.1 Å². The molecule has 0 bridgehead atoms. The Kier molecular flexibility index (Phi) is 3.72. The second-order valence-corrected chi connectivity index (χ2v) is 7.42. The molecule has 1 aliphatic carbocycles. The van der Waals surface area contributed by atoms with Crippen LogP contribution < -0.4 is 10.6 Å². The number of rotatable bonds is 1. The highest BCUT2D eigenvalue weighted by Crippen LogP contribution is 2.44. The minimum atomic E-state index is 0.353. The predicted octanol–water partition coefficient (Wildman–Crippen LogP) is 4.26. The van der Waals surface area contributed by atoms with E-state index in [4.69, 9.17) is 23.2 Å². The van der Waals surface area contributed by atoms with Gasteiger partial charge >= 0.3 is 0 Å². The third-order valence-corrected chi connectivity index (χ3v) is 5.79. The van der Waals surface area contributed by atoms with Gasteiger partial charge in [0.05, 0.1) is 0 Å². The SMILES string of the molecule is CC1=CC(c2ccc(Cl)cc2Cl)CC2=C1NC1CCNCC21. The van der Waals surface area contributed by atoms with Gasteiger partial charge in [0.1, 0.15) is 0 Å². The van der Waals surface area contributed by atoms with E-state index in [9.17, 15) is 0 Å². The van der Waals surface area contributed by atoms with Gasteiger partial charge in [0.25, 0.3) is 0 Å². The second-order valence-electron chi connectivity index (χ2n) is 6.58. The fourth-order valence-electron chi connectivity index (χ4n) is 4.16. The zero-order chi connectivity index (χ0) is 15.3. The Hall–Kier alpha value is -0.960. The van der Waals surface area contributed by atoms with E-state index in [2.05, 4.69) is 29.7 Å². The molecule has 4 rings (SSSR count). The molecule has 1 aromatic rings. The van der Waals surface area contributed by atoms with Crippen molar-refractivity contribution < 1.29 is 0 Å². The van der Waals surface area contributed by atoms with Gasteiger partial charge in [-0.3, -0.25) is 0 Å². The van der Waals surface area contributed by atoms with Gasteiger partial charge in [-0.2, -0.15) is 0 Å². The Morgan fingerprint density at radius 1 is 1.23 bits per heavy atom. The van der Waals surface area contributed by atoms with Gasteiger partial charge < -0.3 is 10.6 Å². The van der Waals surface area contributed by atoms with Crippen LogP contribution in [0.3, 0.4) is 0 Å². The molecule has 0 radical (unpaired) electrons. The first-order chi connectivity index (χ1) is 10.6. The summed E-state index contributed by atoms with van der Waals surface area (Å²) in [5.41, 5.74) is 5.50. The summed E-state index contributed by atoms with van der Waals surface area (Å²) in [6, 6.07) is 6.47. The molecule has 0 amide bonds. The van der Waals surface area contributed by atoms with Crippen molar-refractivity contribution in [3.8, 4) is 0 Å². The number of allylic oxidation sites excluding steroid dienone is 2. The largest absolute Gasteiger partial charge is 0.381 e. The maximum atomic E-state index is 6.43. The topological polar surface area (TPSA) is 24.1 Å². The maximum absolute atomic E-state index is 6.43. The zero-order valence-corrected chi connectivity index (χ0v) is 14.1. The highest BCUT2D eigenvalue weighted by Gasteiger charge is 2.39. The molecule has 1 aromatic carbocycles. The summed E-state index contributed by atoms with van der Waals surface area (Å²) in [5.74, 6) is 0.979. The Morgan fingerprint density at radius 3 is 2.91 bits per heavy atom. The summed E-state index contributed by atoms with van der Waals surface area (Å²) < 4.78 is 0. The molecule has 3 aliphatic rings. The van der Waals surface area contributed by atoms with Gasteiger partial charge in [0.2, 0.25) is 0 Å². The van der Waals surface area contributed by atoms with Gasteiger partial charge in [-0.05, 0) is 55.2 Å². The van der Waals surface area contributed by atoms with Crippen molar-refractivity contribution in [1.29, 1.82) is 0 Å². The lowest BCUT2D eigenvalue weighted by Crippen LogP contribution is -2.43. The van der Waals surface area contributed by atoms with Crippen molar-refractivity contribution in [2.45, 2.75) is 31.7 Å². The molecule has 0 spiro atoms. The lowest BCUT2D eigenvalue weighted by atomic mass is 9.79. The number of fused-ring (bicyclic) bond motifs is 2. The third-order valence-electron chi connectivity index (χ3n) is 5.23. The van der Waals surface area contributed by atoms with E-state index in [0.717, 1.165) is 24.5 Å². The van der Waals surface area contributed by atoms with E-state index in [1.165, 1.54) is 23.3 Å². The minimum Gasteiger partial charge on any atom is -0.381 e. The molecule has 2 aliphatic heterocycles. The summed E-state index contributed by atoms with van der Waals surface area (Å²) in [6.45, 7) is 4.41. The van der Waals surface area contributed by atoms with Crippen LogP contribution in [-0.2, 0) is 0 Å². The Labute approximate surface area is 141 Å². The minimum absolute atomic E-state index is 0.353. The molecule has 0 saturated carbocycles. The van der Waals surface area contributed by atoms with Crippen molar-refractivity contribution in [1.82, 2.24) is 10.6 Å². The molecule has 3 atom stereocenters. The van der Waals surface area contributed by atoms with E-state index in [1.54, 1.807) is 5.57 Å². The smallest absolute Gasteiger partial charge is 0.0458 e. The third kappa shape index (κ3) is 2.38. The summed E-state index contributed by atoms with van der Waals surface area (Å²) in [7, 11) is 0. The molecule has 1 saturated heterocycles. The van der Waals surface area contributed by atoms with Crippen molar-refractivity contribution in [3.63, 3.8) is 0 Å². The van der Waals surface area contributed by atoms with Crippen LogP contribution in [0.15, 0.2) is 41.1 Å². The Balaban J connectivity index is 1.67. The molecular weight excluding hydrogens is 315 g/mol. The fraction of sp³-hybridized carbons (Fsp3) is 0.444. The van der Waals surface area contributed by atoms with Crippen LogP contribution in [0.2, 0.25) is 10.0 Å². The van der Waals surface area contributed by atoms with E-state index < -0.39 is 0 Å². The number of piperidine rings is 1. The first-order valence-electron chi connectivity index (χ1n) is 7.97. The number of hydrogen-bond donors (Lipinski definition) is 2. The number of hydrogen-bond acceptors (Lipinski definition) is 2. The van der Waals surface area contributed by atoms with Gasteiger partial charge in [0, 0.05) is 40.2 Å².